The van der Waals surface area contributed by atoms with E-state index in [1.54, 1.807) is 41.4 Å². The molecular weight excluding hydrogens is 449 g/mol. The normalized spacial score (nSPS) is 22.9. The fourth-order valence-electron chi connectivity index (χ4n) is 4.68. The first-order valence-corrected chi connectivity index (χ1v) is 11.5. The summed E-state index contributed by atoms with van der Waals surface area (Å²) >= 11 is 0. The molecule has 2 aromatic heterocycles. The highest BCUT2D eigenvalue weighted by Gasteiger charge is 2.44. The molecule has 4 rings (SSSR count). The first-order chi connectivity index (χ1) is 16.3. The number of carbonyl (C=O) groups is 2. The van der Waals surface area contributed by atoms with Gasteiger partial charge in [0.25, 0.3) is 5.91 Å². The summed E-state index contributed by atoms with van der Waals surface area (Å²) in [6.45, 7) is 0.741. The Morgan fingerprint density at radius 2 is 1.79 bits per heavy atom. The molecule has 0 spiro atoms. The number of nitrogens with zero attached hydrogens (tertiary/aromatic N) is 3. The van der Waals surface area contributed by atoms with Crippen molar-refractivity contribution in [3.8, 4) is 5.75 Å². The predicted octanol–water partition coefficient (Wildman–Crippen LogP) is 4.47. The number of pyridine rings is 2. The minimum atomic E-state index is -4.19. The first kappa shape index (κ1) is 24.0. The molecule has 1 atom stereocenters. The highest BCUT2D eigenvalue weighted by atomic mass is 19.4. The standard InChI is InChI=1S/C24H27F3N4O3/c25-24(26,27)17-10-8-16(9-11-17)23(33)31-14-4-5-18(31)15-34-19-6-3-13-29-21(19)22(32)30-20-7-1-2-12-28-20/h1-3,6-7,12-13,16-18H,4-5,8-11,14-15H2,(H,28,30,32)/t16?,17?,18-/m1/s1. The van der Waals surface area contributed by atoms with E-state index >= 15 is 0 Å². The lowest BCUT2D eigenvalue weighted by atomic mass is 9.81. The average Bonchev–Trinajstić information content (AvgIpc) is 3.31. The molecule has 1 aliphatic carbocycles. The summed E-state index contributed by atoms with van der Waals surface area (Å²) in [6, 6.07) is 8.25. The molecular formula is C24H27F3N4O3. The maximum absolute atomic E-state index is 13.1. The molecule has 1 N–H and O–H groups in total. The molecule has 0 radical (unpaired) electrons. The van der Waals surface area contributed by atoms with Gasteiger partial charge in [-0.1, -0.05) is 6.07 Å². The summed E-state index contributed by atoms with van der Waals surface area (Å²) in [5.74, 6) is -1.56. The second-order valence-electron chi connectivity index (χ2n) is 8.75. The molecule has 2 amide bonds. The molecule has 3 heterocycles. The quantitative estimate of drug-likeness (QED) is 0.665. The Kier molecular flexibility index (Phi) is 7.33. The predicted molar refractivity (Wildman–Crippen MR) is 118 cm³/mol. The van der Waals surface area contributed by atoms with Crippen molar-refractivity contribution in [3.05, 3.63) is 48.4 Å². The largest absolute Gasteiger partial charge is 0.489 e. The van der Waals surface area contributed by atoms with Crippen molar-refractivity contribution in [1.82, 2.24) is 14.9 Å². The lowest BCUT2D eigenvalue weighted by Gasteiger charge is -2.33. The molecule has 1 saturated carbocycles. The Bertz CT molecular complexity index is 994. The van der Waals surface area contributed by atoms with Gasteiger partial charge in [-0.3, -0.25) is 9.59 Å². The SMILES string of the molecule is O=C(Nc1ccccn1)c1ncccc1OC[C@H]1CCCN1C(=O)C1CCC(C(F)(F)F)CC1. The van der Waals surface area contributed by atoms with E-state index in [2.05, 4.69) is 15.3 Å². The van der Waals surface area contributed by atoms with Crippen LogP contribution in [0.2, 0.25) is 0 Å². The van der Waals surface area contributed by atoms with E-state index < -0.39 is 18.0 Å². The van der Waals surface area contributed by atoms with Crippen molar-refractivity contribution in [2.24, 2.45) is 11.8 Å². The highest BCUT2D eigenvalue weighted by molar-refractivity contribution is 6.04. The smallest absolute Gasteiger partial charge is 0.391 e. The monoisotopic (exact) mass is 476 g/mol. The number of hydrogen-bond acceptors (Lipinski definition) is 5. The van der Waals surface area contributed by atoms with Crippen LogP contribution in [-0.2, 0) is 4.79 Å². The van der Waals surface area contributed by atoms with Crippen LogP contribution in [0.15, 0.2) is 42.7 Å². The van der Waals surface area contributed by atoms with Gasteiger partial charge < -0.3 is 15.0 Å². The first-order valence-electron chi connectivity index (χ1n) is 11.5. The number of alkyl halides is 3. The molecule has 0 unspecified atom stereocenters. The van der Waals surface area contributed by atoms with Crippen molar-refractivity contribution < 1.29 is 27.5 Å². The van der Waals surface area contributed by atoms with Gasteiger partial charge in [-0.2, -0.15) is 13.2 Å². The van der Waals surface area contributed by atoms with Gasteiger partial charge in [0, 0.05) is 24.9 Å². The number of nitrogens with one attached hydrogen (secondary N) is 1. The van der Waals surface area contributed by atoms with Gasteiger partial charge in [-0.05, 0) is 62.8 Å². The Balaban J connectivity index is 1.35. The summed E-state index contributed by atoms with van der Waals surface area (Å²) in [5, 5.41) is 2.67. The van der Waals surface area contributed by atoms with E-state index in [1.807, 2.05) is 0 Å². The second kappa shape index (κ2) is 10.4. The third kappa shape index (κ3) is 5.66. The van der Waals surface area contributed by atoms with E-state index in [1.165, 1.54) is 6.20 Å². The molecule has 182 valence electrons. The van der Waals surface area contributed by atoms with Crippen LogP contribution >= 0.6 is 0 Å². The Labute approximate surface area is 195 Å². The van der Waals surface area contributed by atoms with Gasteiger partial charge in [0.05, 0.1) is 12.0 Å². The number of rotatable bonds is 6. The Morgan fingerprint density at radius 1 is 1.03 bits per heavy atom. The number of carbonyl (C=O) groups excluding carboxylic acids is 2. The molecule has 1 aliphatic heterocycles. The zero-order valence-electron chi connectivity index (χ0n) is 18.6. The molecule has 7 nitrogen and oxygen atoms in total. The molecule has 10 heteroatoms. The number of hydrogen-bond donors (Lipinski definition) is 1. The summed E-state index contributed by atoms with van der Waals surface area (Å²) in [7, 11) is 0. The maximum Gasteiger partial charge on any atom is 0.391 e. The molecule has 1 saturated heterocycles. The van der Waals surface area contributed by atoms with Crippen LogP contribution in [0.5, 0.6) is 5.75 Å². The minimum Gasteiger partial charge on any atom is -0.489 e. The molecule has 34 heavy (non-hydrogen) atoms. The Hall–Kier alpha value is -3.17. The summed E-state index contributed by atoms with van der Waals surface area (Å²) in [6.07, 6.45) is 0.911. The van der Waals surface area contributed by atoms with E-state index in [0.717, 1.165) is 12.8 Å². The van der Waals surface area contributed by atoms with Crippen LogP contribution in [0.1, 0.15) is 49.0 Å². The van der Waals surface area contributed by atoms with E-state index in [9.17, 15) is 22.8 Å². The van der Waals surface area contributed by atoms with Crippen molar-refractivity contribution in [3.63, 3.8) is 0 Å². The molecule has 0 bridgehead atoms. The molecule has 2 aromatic rings. The van der Waals surface area contributed by atoms with Gasteiger partial charge >= 0.3 is 6.18 Å². The maximum atomic E-state index is 13.1. The fraction of sp³-hybridized carbons (Fsp3) is 0.500. The average molecular weight is 476 g/mol. The van der Waals surface area contributed by atoms with Crippen molar-refractivity contribution in [1.29, 1.82) is 0 Å². The van der Waals surface area contributed by atoms with Gasteiger partial charge in [-0.15, -0.1) is 0 Å². The van der Waals surface area contributed by atoms with Crippen LogP contribution in [0.3, 0.4) is 0 Å². The number of likely N-dealkylation sites (tertiary alicyclic amines) is 1. The summed E-state index contributed by atoms with van der Waals surface area (Å²) in [5.41, 5.74) is 0.106. The molecule has 2 fully saturated rings. The number of aromatic nitrogens is 2. The second-order valence-corrected chi connectivity index (χ2v) is 8.75. The third-order valence-corrected chi connectivity index (χ3v) is 6.52. The van der Waals surface area contributed by atoms with Crippen LogP contribution in [-0.4, -0.2) is 52.1 Å². The van der Waals surface area contributed by atoms with Gasteiger partial charge in [0.15, 0.2) is 11.4 Å². The highest BCUT2D eigenvalue weighted by Crippen LogP contribution is 2.40. The van der Waals surface area contributed by atoms with Crippen LogP contribution < -0.4 is 10.1 Å². The van der Waals surface area contributed by atoms with Crippen molar-refractivity contribution in [2.45, 2.75) is 50.7 Å². The lowest BCUT2D eigenvalue weighted by Crippen LogP contribution is -2.44. The fourth-order valence-corrected chi connectivity index (χ4v) is 4.68. The zero-order valence-corrected chi connectivity index (χ0v) is 18.6. The number of anilines is 1. The topological polar surface area (TPSA) is 84.4 Å². The van der Waals surface area contributed by atoms with E-state index in [0.29, 0.717) is 18.1 Å². The number of halogens is 3. The van der Waals surface area contributed by atoms with Gasteiger partial charge in [-0.25, -0.2) is 9.97 Å². The van der Waals surface area contributed by atoms with Gasteiger partial charge in [0.2, 0.25) is 5.91 Å². The molecule has 0 aromatic carbocycles. The lowest BCUT2D eigenvalue weighted by molar-refractivity contribution is -0.185. The zero-order chi connectivity index (χ0) is 24.1. The Morgan fingerprint density at radius 3 is 2.50 bits per heavy atom. The molecule has 2 aliphatic rings. The summed E-state index contributed by atoms with van der Waals surface area (Å²) in [4.78, 5) is 35.7. The van der Waals surface area contributed by atoms with Crippen LogP contribution in [0.4, 0.5) is 19.0 Å². The third-order valence-electron chi connectivity index (χ3n) is 6.52. The van der Waals surface area contributed by atoms with Gasteiger partial charge in [0.1, 0.15) is 12.4 Å². The van der Waals surface area contributed by atoms with Crippen molar-refractivity contribution >= 4 is 17.6 Å². The van der Waals surface area contributed by atoms with E-state index in [4.69, 9.17) is 4.74 Å². The number of ether oxygens (including phenoxy) is 1. The summed E-state index contributed by atoms with van der Waals surface area (Å²) < 4.78 is 44.8. The number of amides is 2. The van der Waals surface area contributed by atoms with E-state index in [-0.39, 0.29) is 55.9 Å². The van der Waals surface area contributed by atoms with Crippen LogP contribution in [0.25, 0.3) is 0 Å². The van der Waals surface area contributed by atoms with Crippen LogP contribution in [0, 0.1) is 11.8 Å². The van der Waals surface area contributed by atoms with Crippen molar-refractivity contribution in [2.75, 3.05) is 18.5 Å². The minimum absolute atomic E-state index is 0.000654.